The molecule has 7 nitrogen and oxygen atoms in total. The summed E-state index contributed by atoms with van der Waals surface area (Å²) < 4.78 is 5.78. The van der Waals surface area contributed by atoms with Crippen molar-refractivity contribution in [2.75, 3.05) is 25.5 Å². The van der Waals surface area contributed by atoms with Gasteiger partial charge in [0.2, 0.25) is 5.91 Å². The molecule has 2 amide bonds. The molecule has 0 aliphatic carbocycles. The second-order valence-electron chi connectivity index (χ2n) is 5.01. The molecule has 2 aromatic rings. The lowest BCUT2D eigenvalue weighted by molar-refractivity contribution is -0.605. The standard InChI is InChI=1S/C17H19N3O4/c1-3-19(17(22)13-8-10-20(23)11-9-13)12-16(21)18-14-6-4-5-7-15(14)24-2/h4-11H,3,12H2,1-2H3,(H,18,21). The fraction of sp³-hybridized carbons (Fsp3) is 0.235. The second kappa shape index (κ2) is 7.96. The Morgan fingerprint density at radius 3 is 2.50 bits per heavy atom. The Kier molecular flexibility index (Phi) is 5.73. The summed E-state index contributed by atoms with van der Waals surface area (Å²) in [6, 6.07) is 9.89. The third-order valence-electron chi connectivity index (χ3n) is 3.43. The SMILES string of the molecule is CCN(CC(=O)Nc1ccccc1OC)C(=O)c1cc[n+]([O-])cc1. The number of amides is 2. The molecule has 0 fully saturated rings. The zero-order valence-corrected chi connectivity index (χ0v) is 13.6. The van der Waals surface area contributed by atoms with Crippen LogP contribution in [0.2, 0.25) is 0 Å². The van der Waals surface area contributed by atoms with E-state index in [1.165, 1.54) is 36.5 Å². The molecule has 1 aromatic carbocycles. The van der Waals surface area contributed by atoms with Crippen molar-refractivity contribution >= 4 is 17.5 Å². The van der Waals surface area contributed by atoms with E-state index in [1.54, 1.807) is 31.2 Å². The zero-order chi connectivity index (χ0) is 17.5. The lowest BCUT2D eigenvalue weighted by Crippen LogP contribution is -2.38. The monoisotopic (exact) mass is 329 g/mol. The Morgan fingerprint density at radius 2 is 1.88 bits per heavy atom. The summed E-state index contributed by atoms with van der Waals surface area (Å²) in [5.41, 5.74) is 0.898. The third kappa shape index (κ3) is 4.22. The van der Waals surface area contributed by atoms with E-state index < -0.39 is 0 Å². The maximum atomic E-state index is 12.4. The van der Waals surface area contributed by atoms with Gasteiger partial charge < -0.3 is 20.2 Å². The average Bonchev–Trinajstić information content (AvgIpc) is 2.60. The summed E-state index contributed by atoms with van der Waals surface area (Å²) in [5, 5.41) is 13.8. The number of ether oxygens (including phenoxy) is 1. The highest BCUT2D eigenvalue weighted by atomic mass is 16.5. The number of pyridine rings is 1. The van der Waals surface area contributed by atoms with Crippen LogP contribution in [-0.2, 0) is 4.79 Å². The number of nitrogens with one attached hydrogen (secondary N) is 1. The molecule has 7 heteroatoms. The number of nitrogens with zero attached hydrogens (tertiary/aromatic N) is 2. The van der Waals surface area contributed by atoms with Crippen molar-refractivity contribution < 1.29 is 19.1 Å². The molecule has 24 heavy (non-hydrogen) atoms. The number of aromatic nitrogens is 1. The highest BCUT2D eigenvalue weighted by Gasteiger charge is 2.18. The summed E-state index contributed by atoms with van der Waals surface area (Å²) in [6.45, 7) is 2.05. The van der Waals surface area contributed by atoms with Crippen LogP contribution in [0.4, 0.5) is 5.69 Å². The molecule has 0 spiro atoms. The van der Waals surface area contributed by atoms with Gasteiger partial charge in [-0.2, -0.15) is 4.73 Å². The molecule has 2 rings (SSSR count). The number of likely N-dealkylation sites (N-methyl/N-ethyl adjacent to an activating group) is 1. The van der Waals surface area contributed by atoms with Gasteiger partial charge in [0.25, 0.3) is 5.91 Å². The maximum absolute atomic E-state index is 12.4. The molecule has 1 aromatic heterocycles. The van der Waals surface area contributed by atoms with Gasteiger partial charge in [0.15, 0.2) is 12.4 Å². The van der Waals surface area contributed by atoms with Gasteiger partial charge in [-0.25, -0.2) is 0 Å². The van der Waals surface area contributed by atoms with E-state index in [9.17, 15) is 14.8 Å². The molecule has 0 unspecified atom stereocenters. The molecule has 0 aliphatic rings. The number of hydrogen-bond donors (Lipinski definition) is 1. The minimum atomic E-state index is -0.329. The van der Waals surface area contributed by atoms with Crippen molar-refractivity contribution in [3.63, 3.8) is 0 Å². The summed E-state index contributed by atoms with van der Waals surface area (Å²) in [7, 11) is 1.52. The van der Waals surface area contributed by atoms with Gasteiger partial charge in [0, 0.05) is 18.7 Å². The van der Waals surface area contributed by atoms with Gasteiger partial charge in [0.1, 0.15) is 12.3 Å². The third-order valence-corrected chi connectivity index (χ3v) is 3.43. The van der Waals surface area contributed by atoms with Crippen LogP contribution < -0.4 is 14.8 Å². The molecule has 126 valence electrons. The van der Waals surface area contributed by atoms with E-state index in [2.05, 4.69) is 5.32 Å². The van der Waals surface area contributed by atoms with Crippen molar-refractivity contribution in [3.8, 4) is 5.75 Å². The predicted molar refractivity (Wildman–Crippen MR) is 88.6 cm³/mol. The van der Waals surface area contributed by atoms with Crippen molar-refractivity contribution in [3.05, 3.63) is 59.6 Å². The Balaban J connectivity index is 2.05. The Morgan fingerprint density at radius 1 is 1.21 bits per heavy atom. The molecule has 0 radical (unpaired) electrons. The lowest BCUT2D eigenvalue weighted by Gasteiger charge is -2.20. The topological polar surface area (TPSA) is 85.6 Å². The van der Waals surface area contributed by atoms with Crippen LogP contribution in [0.25, 0.3) is 0 Å². The molecular weight excluding hydrogens is 310 g/mol. The fourth-order valence-corrected chi connectivity index (χ4v) is 2.18. The van der Waals surface area contributed by atoms with Crippen LogP contribution >= 0.6 is 0 Å². The van der Waals surface area contributed by atoms with E-state index in [0.717, 1.165) is 0 Å². The van der Waals surface area contributed by atoms with Gasteiger partial charge in [-0.3, -0.25) is 9.59 Å². The Bertz CT molecular complexity index is 716. The summed E-state index contributed by atoms with van der Waals surface area (Å²) >= 11 is 0. The molecule has 0 saturated heterocycles. The van der Waals surface area contributed by atoms with Crippen LogP contribution in [0.5, 0.6) is 5.75 Å². The van der Waals surface area contributed by atoms with Crippen LogP contribution in [0.15, 0.2) is 48.8 Å². The fourth-order valence-electron chi connectivity index (χ4n) is 2.18. The largest absolute Gasteiger partial charge is 0.619 e. The van der Waals surface area contributed by atoms with Crippen molar-refractivity contribution in [1.82, 2.24) is 4.90 Å². The first-order chi connectivity index (χ1) is 11.5. The van der Waals surface area contributed by atoms with Crippen LogP contribution in [0.1, 0.15) is 17.3 Å². The average molecular weight is 329 g/mol. The quantitative estimate of drug-likeness (QED) is 0.642. The number of rotatable bonds is 6. The highest BCUT2D eigenvalue weighted by molar-refractivity contribution is 5.99. The van der Waals surface area contributed by atoms with Gasteiger partial charge >= 0.3 is 0 Å². The normalized spacial score (nSPS) is 10.1. The zero-order valence-electron chi connectivity index (χ0n) is 13.6. The molecule has 0 saturated carbocycles. The van der Waals surface area contributed by atoms with Gasteiger partial charge in [-0.1, -0.05) is 12.1 Å². The first-order valence-electron chi connectivity index (χ1n) is 7.46. The van der Waals surface area contributed by atoms with Crippen molar-refractivity contribution in [2.45, 2.75) is 6.92 Å². The number of benzene rings is 1. The van der Waals surface area contributed by atoms with E-state index in [1.807, 2.05) is 0 Å². The van der Waals surface area contributed by atoms with Crippen molar-refractivity contribution in [1.29, 1.82) is 0 Å². The molecular formula is C17H19N3O4. The summed E-state index contributed by atoms with van der Waals surface area (Å²) in [4.78, 5) is 26.0. The van der Waals surface area contributed by atoms with Crippen molar-refractivity contribution in [2.24, 2.45) is 0 Å². The minimum Gasteiger partial charge on any atom is -0.619 e. The molecule has 0 atom stereocenters. The van der Waals surface area contributed by atoms with Crippen LogP contribution in [-0.4, -0.2) is 36.9 Å². The van der Waals surface area contributed by atoms with E-state index in [-0.39, 0.29) is 18.4 Å². The van der Waals surface area contributed by atoms with E-state index in [4.69, 9.17) is 4.74 Å². The number of carbonyl (C=O) groups is 2. The van der Waals surface area contributed by atoms with E-state index >= 15 is 0 Å². The Hall–Kier alpha value is -3.09. The minimum absolute atomic E-state index is 0.0976. The predicted octanol–water partition coefficient (Wildman–Crippen LogP) is 1.43. The highest BCUT2D eigenvalue weighted by Crippen LogP contribution is 2.22. The Labute approximate surface area is 140 Å². The lowest BCUT2D eigenvalue weighted by atomic mass is 10.2. The number of hydrogen-bond acceptors (Lipinski definition) is 4. The molecule has 1 heterocycles. The summed E-state index contributed by atoms with van der Waals surface area (Å²) in [5.74, 6) is -0.0962. The number of methoxy groups -OCH3 is 1. The van der Waals surface area contributed by atoms with Gasteiger partial charge in [-0.15, -0.1) is 0 Å². The molecule has 0 aliphatic heterocycles. The van der Waals surface area contributed by atoms with Gasteiger partial charge in [-0.05, 0) is 19.1 Å². The smallest absolute Gasteiger partial charge is 0.254 e. The van der Waals surface area contributed by atoms with Crippen LogP contribution in [0.3, 0.4) is 0 Å². The first kappa shape index (κ1) is 17.3. The second-order valence-corrected chi connectivity index (χ2v) is 5.01. The number of anilines is 1. The van der Waals surface area contributed by atoms with Crippen LogP contribution in [0, 0.1) is 5.21 Å². The number of carbonyl (C=O) groups excluding carboxylic acids is 2. The number of para-hydroxylation sites is 2. The molecule has 0 bridgehead atoms. The van der Waals surface area contributed by atoms with E-state index in [0.29, 0.717) is 28.3 Å². The maximum Gasteiger partial charge on any atom is 0.254 e. The summed E-state index contributed by atoms with van der Waals surface area (Å²) in [6.07, 6.45) is 2.49. The van der Waals surface area contributed by atoms with Gasteiger partial charge in [0.05, 0.1) is 18.4 Å². The molecule has 1 N–H and O–H groups in total. The first-order valence-corrected chi connectivity index (χ1v) is 7.46.